The van der Waals surface area contributed by atoms with E-state index in [1.54, 1.807) is 0 Å². The van der Waals surface area contributed by atoms with Crippen LogP contribution in [0.25, 0.3) is 0 Å². The second-order valence-corrected chi connectivity index (χ2v) is 5.43. The lowest BCUT2D eigenvalue weighted by Crippen LogP contribution is -2.30. The summed E-state index contributed by atoms with van der Waals surface area (Å²) in [5.74, 6) is 1.73. The second-order valence-electron chi connectivity index (χ2n) is 4.52. The summed E-state index contributed by atoms with van der Waals surface area (Å²) in [6.07, 6.45) is 3.93. The Bertz CT molecular complexity index is 389. The molecule has 1 fully saturated rings. The summed E-state index contributed by atoms with van der Waals surface area (Å²) in [5.41, 5.74) is 7.31. The van der Waals surface area contributed by atoms with E-state index in [2.05, 4.69) is 22.0 Å². The van der Waals surface area contributed by atoms with Gasteiger partial charge in [0.15, 0.2) is 0 Å². The summed E-state index contributed by atoms with van der Waals surface area (Å²) in [4.78, 5) is 0. The van der Waals surface area contributed by atoms with Crippen molar-refractivity contribution in [2.45, 2.75) is 31.4 Å². The molecular formula is C12H14BrNO. The van der Waals surface area contributed by atoms with Gasteiger partial charge in [-0.2, -0.15) is 0 Å². The van der Waals surface area contributed by atoms with Gasteiger partial charge in [0.1, 0.15) is 11.9 Å². The van der Waals surface area contributed by atoms with Crippen molar-refractivity contribution in [1.82, 2.24) is 0 Å². The number of benzene rings is 1. The van der Waals surface area contributed by atoms with E-state index < -0.39 is 0 Å². The van der Waals surface area contributed by atoms with Crippen LogP contribution in [-0.4, -0.2) is 6.10 Å². The Morgan fingerprint density at radius 2 is 2.13 bits per heavy atom. The van der Waals surface area contributed by atoms with Crippen LogP contribution >= 0.6 is 15.9 Å². The third kappa shape index (κ3) is 1.79. The first-order valence-electron chi connectivity index (χ1n) is 5.46. The number of hydrogen-bond acceptors (Lipinski definition) is 2. The zero-order valence-electron chi connectivity index (χ0n) is 8.45. The topological polar surface area (TPSA) is 35.2 Å². The van der Waals surface area contributed by atoms with Crippen molar-refractivity contribution < 1.29 is 4.74 Å². The van der Waals surface area contributed by atoms with Crippen molar-refractivity contribution in [1.29, 1.82) is 0 Å². The maximum Gasteiger partial charge on any atom is 0.125 e. The van der Waals surface area contributed by atoms with Crippen molar-refractivity contribution in [3.05, 3.63) is 28.2 Å². The van der Waals surface area contributed by atoms with Gasteiger partial charge in [0, 0.05) is 22.5 Å². The van der Waals surface area contributed by atoms with Crippen molar-refractivity contribution in [3.63, 3.8) is 0 Å². The molecule has 2 N–H and O–H groups in total. The van der Waals surface area contributed by atoms with E-state index in [-0.39, 0.29) is 6.04 Å². The third-order valence-corrected chi connectivity index (χ3v) is 3.78. The average molecular weight is 268 g/mol. The molecule has 15 heavy (non-hydrogen) atoms. The van der Waals surface area contributed by atoms with Gasteiger partial charge in [-0.1, -0.05) is 22.0 Å². The molecule has 2 nitrogen and oxygen atoms in total. The Kier molecular flexibility index (Phi) is 2.25. The molecule has 1 saturated carbocycles. The van der Waals surface area contributed by atoms with Gasteiger partial charge in [-0.15, -0.1) is 0 Å². The standard InChI is InChI=1S/C12H14BrNO/c13-8-3-4-9-10(14)6-11(7-1-2-7)15-12(9)5-8/h3-5,7,10-11H,1-2,6,14H2/t10-,11?/m1/s1. The summed E-state index contributed by atoms with van der Waals surface area (Å²) in [7, 11) is 0. The number of hydrogen-bond donors (Lipinski definition) is 1. The zero-order chi connectivity index (χ0) is 10.4. The quantitative estimate of drug-likeness (QED) is 0.849. The van der Waals surface area contributed by atoms with Crippen LogP contribution in [0.5, 0.6) is 5.75 Å². The van der Waals surface area contributed by atoms with Gasteiger partial charge in [0.05, 0.1) is 0 Å². The van der Waals surface area contributed by atoms with Gasteiger partial charge in [-0.25, -0.2) is 0 Å². The molecule has 1 unspecified atom stereocenters. The van der Waals surface area contributed by atoms with Gasteiger partial charge in [-0.05, 0) is 30.9 Å². The molecule has 1 heterocycles. The first-order chi connectivity index (χ1) is 7.24. The van der Waals surface area contributed by atoms with E-state index in [0.29, 0.717) is 6.10 Å². The monoisotopic (exact) mass is 267 g/mol. The molecule has 0 amide bonds. The summed E-state index contributed by atoms with van der Waals surface area (Å²) in [6.45, 7) is 0. The Morgan fingerprint density at radius 3 is 2.87 bits per heavy atom. The Labute approximate surface area is 97.9 Å². The van der Waals surface area contributed by atoms with Crippen molar-refractivity contribution in [2.75, 3.05) is 0 Å². The van der Waals surface area contributed by atoms with Gasteiger partial charge in [0.25, 0.3) is 0 Å². The molecule has 3 heteroatoms. The summed E-state index contributed by atoms with van der Waals surface area (Å²) in [5, 5.41) is 0. The minimum absolute atomic E-state index is 0.146. The molecule has 2 atom stereocenters. The summed E-state index contributed by atoms with van der Waals surface area (Å²) in [6, 6.07) is 6.27. The smallest absolute Gasteiger partial charge is 0.125 e. The van der Waals surface area contributed by atoms with Crippen LogP contribution in [0.2, 0.25) is 0 Å². The zero-order valence-corrected chi connectivity index (χ0v) is 10.0. The largest absolute Gasteiger partial charge is 0.490 e. The average Bonchev–Trinajstić information content (AvgIpc) is 2.99. The number of ether oxygens (including phenoxy) is 1. The van der Waals surface area contributed by atoms with Crippen molar-refractivity contribution in [3.8, 4) is 5.75 Å². The number of halogens is 1. The van der Waals surface area contributed by atoms with Crippen LogP contribution < -0.4 is 10.5 Å². The van der Waals surface area contributed by atoms with E-state index in [9.17, 15) is 0 Å². The van der Waals surface area contributed by atoms with Crippen LogP contribution in [0.3, 0.4) is 0 Å². The van der Waals surface area contributed by atoms with Crippen LogP contribution in [0.4, 0.5) is 0 Å². The van der Waals surface area contributed by atoms with Crippen LogP contribution in [0.15, 0.2) is 22.7 Å². The highest BCUT2D eigenvalue weighted by atomic mass is 79.9. The van der Waals surface area contributed by atoms with Gasteiger partial charge in [-0.3, -0.25) is 0 Å². The van der Waals surface area contributed by atoms with Gasteiger partial charge in [0.2, 0.25) is 0 Å². The Morgan fingerprint density at radius 1 is 1.33 bits per heavy atom. The molecule has 1 aromatic rings. The predicted octanol–water partition coefficient (Wildman–Crippen LogP) is 3.01. The fraction of sp³-hybridized carbons (Fsp3) is 0.500. The lowest BCUT2D eigenvalue weighted by atomic mass is 9.95. The van der Waals surface area contributed by atoms with E-state index in [1.165, 1.54) is 12.8 Å². The molecule has 0 saturated heterocycles. The highest BCUT2D eigenvalue weighted by Gasteiger charge is 2.37. The van der Waals surface area contributed by atoms with Crippen molar-refractivity contribution in [2.24, 2.45) is 11.7 Å². The maximum absolute atomic E-state index is 6.16. The summed E-state index contributed by atoms with van der Waals surface area (Å²) < 4.78 is 7.06. The predicted molar refractivity (Wildman–Crippen MR) is 62.8 cm³/mol. The fourth-order valence-corrected chi connectivity index (χ4v) is 2.60. The van der Waals surface area contributed by atoms with Crippen LogP contribution in [-0.2, 0) is 0 Å². The fourth-order valence-electron chi connectivity index (χ4n) is 2.26. The van der Waals surface area contributed by atoms with Crippen molar-refractivity contribution >= 4 is 15.9 Å². The lowest BCUT2D eigenvalue weighted by Gasteiger charge is -2.30. The first kappa shape index (κ1) is 9.67. The van der Waals surface area contributed by atoms with E-state index >= 15 is 0 Å². The molecule has 2 aliphatic rings. The SMILES string of the molecule is N[C@@H]1CC(C2CC2)Oc2cc(Br)ccc21. The molecule has 80 valence electrons. The maximum atomic E-state index is 6.16. The molecule has 0 spiro atoms. The molecule has 1 aliphatic carbocycles. The highest BCUT2D eigenvalue weighted by Crippen LogP contribution is 2.43. The van der Waals surface area contributed by atoms with E-state index in [0.717, 1.165) is 28.1 Å². The first-order valence-corrected chi connectivity index (χ1v) is 6.25. The minimum Gasteiger partial charge on any atom is -0.490 e. The van der Waals surface area contributed by atoms with Crippen LogP contribution in [0, 0.1) is 5.92 Å². The Balaban J connectivity index is 1.93. The van der Waals surface area contributed by atoms with Crippen LogP contribution in [0.1, 0.15) is 30.9 Å². The molecule has 1 aromatic carbocycles. The molecule has 0 aromatic heterocycles. The number of rotatable bonds is 1. The molecule has 1 aliphatic heterocycles. The second kappa shape index (κ2) is 3.49. The Hall–Kier alpha value is -0.540. The normalized spacial score (nSPS) is 29.5. The van der Waals surface area contributed by atoms with Gasteiger partial charge < -0.3 is 10.5 Å². The van der Waals surface area contributed by atoms with E-state index in [1.807, 2.05) is 12.1 Å². The lowest BCUT2D eigenvalue weighted by molar-refractivity contribution is 0.138. The number of nitrogens with two attached hydrogens (primary N) is 1. The summed E-state index contributed by atoms with van der Waals surface area (Å²) >= 11 is 3.46. The minimum atomic E-state index is 0.146. The third-order valence-electron chi connectivity index (χ3n) is 3.29. The van der Waals surface area contributed by atoms with E-state index in [4.69, 9.17) is 10.5 Å². The number of fused-ring (bicyclic) bond motifs is 1. The molecule has 0 radical (unpaired) electrons. The van der Waals surface area contributed by atoms with Gasteiger partial charge >= 0.3 is 0 Å². The molecular weight excluding hydrogens is 254 g/mol. The highest BCUT2D eigenvalue weighted by molar-refractivity contribution is 9.10. The molecule has 3 rings (SSSR count). The molecule has 0 bridgehead atoms.